The molecule has 3 aromatic rings. The number of nitrogens with zero attached hydrogens (tertiary/aromatic N) is 1. The second-order valence-corrected chi connectivity index (χ2v) is 7.93. The minimum absolute atomic E-state index is 0.144. The van der Waals surface area contributed by atoms with Crippen LogP contribution in [0.25, 0.3) is 10.9 Å². The number of para-hydroxylation sites is 1. The highest BCUT2D eigenvalue weighted by Crippen LogP contribution is 2.33. The van der Waals surface area contributed by atoms with Gasteiger partial charge in [-0.05, 0) is 42.4 Å². The highest BCUT2D eigenvalue weighted by Gasteiger charge is 2.34. The molecule has 5 nitrogen and oxygen atoms in total. The van der Waals surface area contributed by atoms with Crippen LogP contribution in [0.15, 0.2) is 60.8 Å². The van der Waals surface area contributed by atoms with E-state index in [1.165, 1.54) is 22.0 Å². The molecule has 1 amide bonds. The van der Waals surface area contributed by atoms with E-state index in [2.05, 4.69) is 58.4 Å². The van der Waals surface area contributed by atoms with Crippen LogP contribution in [0.2, 0.25) is 0 Å². The van der Waals surface area contributed by atoms with Crippen molar-refractivity contribution >= 4 is 16.8 Å². The van der Waals surface area contributed by atoms with Gasteiger partial charge in [0.25, 0.3) is 0 Å². The summed E-state index contributed by atoms with van der Waals surface area (Å²) in [6, 6.07) is 18.9. The molecular formula is C23H26N4O. The summed E-state index contributed by atoms with van der Waals surface area (Å²) < 4.78 is 0. The standard InChI is InChI=1S/C23H26N4O/c28-23(22-14-21(25-26-22)17-6-2-1-3-7-17)27-12-10-16(11-13-27)19-15-24-20-9-5-4-8-18(19)20/h1-9,15-16,21-22,24-26H,10-14H2. The number of benzene rings is 2. The van der Waals surface area contributed by atoms with Crippen molar-refractivity contribution in [3.05, 3.63) is 71.9 Å². The fourth-order valence-electron chi connectivity index (χ4n) is 4.69. The predicted octanol–water partition coefficient (Wildman–Crippen LogP) is 3.48. The van der Waals surface area contributed by atoms with Gasteiger partial charge in [0.2, 0.25) is 5.91 Å². The van der Waals surface area contributed by atoms with Crippen LogP contribution in [0.1, 0.15) is 42.3 Å². The molecule has 2 aliphatic rings. The van der Waals surface area contributed by atoms with Gasteiger partial charge in [-0.3, -0.25) is 4.79 Å². The minimum atomic E-state index is -0.144. The molecule has 2 saturated heterocycles. The van der Waals surface area contributed by atoms with E-state index < -0.39 is 0 Å². The number of hydrogen-bond acceptors (Lipinski definition) is 3. The maximum absolute atomic E-state index is 13.0. The van der Waals surface area contributed by atoms with Crippen LogP contribution in [-0.2, 0) is 4.79 Å². The zero-order valence-electron chi connectivity index (χ0n) is 15.9. The van der Waals surface area contributed by atoms with Crippen LogP contribution in [0.5, 0.6) is 0 Å². The fraction of sp³-hybridized carbons (Fsp3) is 0.348. The lowest BCUT2D eigenvalue weighted by Gasteiger charge is -2.33. The van der Waals surface area contributed by atoms with Crippen LogP contribution in [-0.4, -0.2) is 34.9 Å². The first-order valence-electron chi connectivity index (χ1n) is 10.2. The first-order valence-corrected chi connectivity index (χ1v) is 10.2. The van der Waals surface area contributed by atoms with E-state index in [0.717, 1.165) is 32.4 Å². The topological polar surface area (TPSA) is 60.2 Å². The first-order chi connectivity index (χ1) is 13.8. The second-order valence-electron chi connectivity index (χ2n) is 7.93. The molecule has 2 aromatic carbocycles. The smallest absolute Gasteiger partial charge is 0.241 e. The van der Waals surface area contributed by atoms with Gasteiger partial charge in [-0.25, -0.2) is 10.9 Å². The lowest BCUT2D eigenvalue weighted by Crippen LogP contribution is -2.48. The Morgan fingerprint density at radius 2 is 1.68 bits per heavy atom. The summed E-state index contributed by atoms with van der Waals surface area (Å²) in [7, 11) is 0. The molecule has 0 saturated carbocycles. The molecule has 3 N–H and O–H groups in total. The molecule has 28 heavy (non-hydrogen) atoms. The highest BCUT2D eigenvalue weighted by molar-refractivity contribution is 5.84. The normalized spacial score (nSPS) is 23.4. The van der Waals surface area contributed by atoms with E-state index in [1.54, 1.807) is 0 Å². The van der Waals surface area contributed by atoms with Gasteiger partial charge in [0.1, 0.15) is 6.04 Å². The molecule has 2 fully saturated rings. The van der Waals surface area contributed by atoms with E-state index in [1.807, 2.05) is 23.1 Å². The number of rotatable bonds is 3. The second kappa shape index (κ2) is 7.41. The zero-order chi connectivity index (χ0) is 18.9. The van der Waals surface area contributed by atoms with Crippen molar-refractivity contribution in [2.45, 2.75) is 37.3 Å². The molecule has 0 radical (unpaired) electrons. The third kappa shape index (κ3) is 3.21. The van der Waals surface area contributed by atoms with Crippen molar-refractivity contribution in [3.8, 4) is 0 Å². The minimum Gasteiger partial charge on any atom is -0.361 e. The van der Waals surface area contributed by atoms with E-state index in [4.69, 9.17) is 0 Å². The number of hydrazine groups is 1. The number of hydrogen-bond donors (Lipinski definition) is 3. The number of likely N-dealkylation sites (tertiary alicyclic amines) is 1. The molecule has 3 heterocycles. The Balaban J connectivity index is 1.21. The molecule has 2 atom stereocenters. The Hall–Kier alpha value is -2.63. The number of amides is 1. The molecular weight excluding hydrogens is 348 g/mol. The third-order valence-corrected chi connectivity index (χ3v) is 6.27. The first kappa shape index (κ1) is 17.5. The van der Waals surface area contributed by atoms with Crippen LogP contribution < -0.4 is 10.9 Å². The fourth-order valence-corrected chi connectivity index (χ4v) is 4.69. The molecule has 1 aromatic heterocycles. The molecule has 2 unspecified atom stereocenters. The summed E-state index contributed by atoms with van der Waals surface area (Å²) in [4.78, 5) is 18.4. The average Bonchev–Trinajstić information content (AvgIpc) is 3.42. The van der Waals surface area contributed by atoms with Gasteiger partial charge in [0.05, 0.1) is 0 Å². The Morgan fingerprint density at radius 1 is 0.929 bits per heavy atom. The number of nitrogens with one attached hydrogen (secondary N) is 3. The van der Waals surface area contributed by atoms with Crippen LogP contribution in [0.3, 0.4) is 0 Å². The van der Waals surface area contributed by atoms with E-state index >= 15 is 0 Å². The van der Waals surface area contributed by atoms with Crippen molar-refractivity contribution in [2.24, 2.45) is 0 Å². The predicted molar refractivity (Wildman–Crippen MR) is 111 cm³/mol. The maximum atomic E-state index is 13.0. The number of H-pyrrole nitrogens is 1. The zero-order valence-corrected chi connectivity index (χ0v) is 15.9. The average molecular weight is 374 g/mol. The Kier molecular flexibility index (Phi) is 4.63. The van der Waals surface area contributed by atoms with Crippen LogP contribution in [0.4, 0.5) is 0 Å². The van der Waals surface area contributed by atoms with Gasteiger partial charge in [0, 0.05) is 36.2 Å². The number of carbonyl (C=O) groups excluding carboxylic acids is 1. The highest BCUT2D eigenvalue weighted by atomic mass is 16.2. The van der Waals surface area contributed by atoms with Crippen molar-refractivity contribution in [2.75, 3.05) is 13.1 Å². The van der Waals surface area contributed by atoms with Crippen molar-refractivity contribution in [3.63, 3.8) is 0 Å². The number of carbonyl (C=O) groups is 1. The summed E-state index contributed by atoms with van der Waals surface area (Å²) in [5.41, 5.74) is 10.3. The number of piperidine rings is 1. The molecule has 0 spiro atoms. The molecule has 5 heteroatoms. The lowest BCUT2D eigenvalue weighted by molar-refractivity contribution is -0.134. The third-order valence-electron chi connectivity index (χ3n) is 6.27. The van der Waals surface area contributed by atoms with Gasteiger partial charge >= 0.3 is 0 Å². The van der Waals surface area contributed by atoms with Gasteiger partial charge < -0.3 is 9.88 Å². The Morgan fingerprint density at radius 3 is 2.50 bits per heavy atom. The van der Waals surface area contributed by atoms with E-state index in [-0.39, 0.29) is 18.0 Å². The molecule has 2 aliphatic heterocycles. The van der Waals surface area contributed by atoms with E-state index in [9.17, 15) is 4.79 Å². The van der Waals surface area contributed by atoms with Crippen molar-refractivity contribution in [1.29, 1.82) is 0 Å². The summed E-state index contributed by atoms with van der Waals surface area (Å²) in [6.45, 7) is 1.66. The molecule has 0 bridgehead atoms. The summed E-state index contributed by atoms with van der Waals surface area (Å²) in [5.74, 6) is 0.746. The van der Waals surface area contributed by atoms with Crippen LogP contribution >= 0.6 is 0 Å². The maximum Gasteiger partial charge on any atom is 0.241 e. The lowest BCUT2D eigenvalue weighted by atomic mass is 9.89. The number of fused-ring (bicyclic) bond motifs is 1. The van der Waals surface area contributed by atoms with Gasteiger partial charge in [-0.2, -0.15) is 0 Å². The SMILES string of the molecule is O=C(C1CC(c2ccccc2)NN1)N1CCC(c2c[nH]c3ccccc23)CC1. The number of aromatic amines is 1. The monoisotopic (exact) mass is 374 g/mol. The Labute approximate surface area is 165 Å². The van der Waals surface area contributed by atoms with Gasteiger partial charge in [-0.1, -0.05) is 48.5 Å². The van der Waals surface area contributed by atoms with Crippen molar-refractivity contribution < 1.29 is 4.79 Å². The largest absolute Gasteiger partial charge is 0.361 e. The summed E-state index contributed by atoms with van der Waals surface area (Å²) in [6.07, 6.45) is 5.00. The molecule has 5 rings (SSSR count). The Bertz CT molecular complexity index is 959. The summed E-state index contributed by atoms with van der Waals surface area (Å²) in [5, 5.41) is 1.32. The quantitative estimate of drug-likeness (QED) is 0.658. The molecule has 0 aliphatic carbocycles. The van der Waals surface area contributed by atoms with Gasteiger partial charge in [-0.15, -0.1) is 0 Å². The van der Waals surface area contributed by atoms with Crippen molar-refractivity contribution in [1.82, 2.24) is 20.7 Å². The summed E-state index contributed by atoms with van der Waals surface area (Å²) >= 11 is 0. The van der Waals surface area contributed by atoms with Gasteiger partial charge in [0.15, 0.2) is 0 Å². The van der Waals surface area contributed by atoms with E-state index in [0.29, 0.717) is 5.92 Å². The van der Waals surface area contributed by atoms with Crippen LogP contribution in [0, 0.1) is 0 Å². The molecule has 144 valence electrons. The number of aromatic nitrogens is 1.